The molecule has 0 spiro atoms. The fourth-order valence-electron chi connectivity index (χ4n) is 9.46. The summed E-state index contributed by atoms with van der Waals surface area (Å²) >= 11 is 7.95. The summed E-state index contributed by atoms with van der Waals surface area (Å²) < 4.78 is 1.80. The number of hydrogen-bond donors (Lipinski definition) is 2. The smallest absolute Gasteiger partial charge is 0.0801 e. The van der Waals surface area contributed by atoms with Gasteiger partial charge in [0, 0.05) is 33.0 Å². The number of hydrogen-bond acceptors (Lipinski definition) is 2. The molecule has 0 saturated carbocycles. The van der Waals surface area contributed by atoms with Gasteiger partial charge in [-0.2, -0.15) is 0 Å². The number of rotatable bonds is 2. The molecule has 3 aromatic heterocycles. The van der Waals surface area contributed by atoms with Gasteiger partial charge in [0.05, 0.1) is 42.8 Å². The lowest BCUT2D eigenvalue weighted by atomic mass is 9.81. The Hall–Kier alpha value is -5.56. The van der Waals surface area contributed by atoms with E-state index in [9.17, 15) is 0 Å². The van der Waals surface area contributed by atoms with Crippen molar-refractivity contribution in [3.8, 4) is 44.5 Å². The van der Waals surface area contributed by atoms with Gasteiger partial charge in [-0.25, -0.2) is 9.97 Å². The number of fused-ring (bicyclic) bond motifs is 14. The van der Waals surface area contributed by atoms with Crippen molar-refractivity contribution in [1.29, 1.82) is 0 Å². The normalized spacial score (nSPS) is 15.1. The molecule has 8 bridgehead atoms. The molecule has 7 aromatic rings. The molecule has 0 fully saturated rings. The SMILES string of the molecule is CC1(C)c2ccccc2-c2ccc(-c3c4nc(c(Br)c5ccc([nH]5)c(-c5ccc6c(c5)C(C)(C)c5ccccc5-6)c5nc(c(Br)c6ccc3[nH]6)C=C5)C=C4)cc21. The van der Waals surface area contributed by atoms with Crippen LogP contribution in [0.3, 0.4) is 0 Å². The van der Waals surface area contributed by atoms with Crippen LogP contribution >= 0.6 is 31.9 Å². The summed E-state index contributed by atoms with van der Waals surface area (Å²) in [6.45, 7) is 9.31. The van der Waals surface area contributed by atoms with Crippen LogP contribution in [-0.4, -0.2) is 19.9 Å². The molecule has 270 valence electrons. The maximum absolute atomic E-state index is 5.30. The van der Waals surface area contributed by atoms with Crippen molar-refractivity contribution in [2.75, 3.05) is 0 Å². The Labute approximate surface area is 342 Å². The standard InChI is InChI=1S/C50H36Br2N4/c1-49(2)33-11-7-5-9-29(33)31-15-13-27(25-35(31)49)45-37-17-21-41(53-37)47(51)43-23-19-39(55-43)46(40-20-24-44(56-40)48(52)42-22-18-38(45)54-42)28-14-16-32-30-10-6-8-12-34(30)50(3,4)36(32)26-28/h5-26,53,56H,1-4H3. The van der Waals surface area contributed by atoms with E-state index in [0.29, 0.717) is 0 Å². The maximum Gasteiger partial charge on any atom is 0.0801 e. The highest BCUT2D eigenvalue weighted by Gasteiger charge is 2.37. The van der Waals surface area contributed by atoms with E-state index in [2.05, 4.69) is 203 Å². The van der Waals surface area contributed by atoms with E-state index in [1.807, 2.05) is 0 Å². The molecule has 2 aliphatic carbocycles. The van der Waals surface area contributed by atoms with Crippen molar-refractivity contribution in [2.24, 2.45) is 0 Å². The molecule has 4 aromatic carbocycles. The predicted molar refractivity (Wildman–Crippen MR) is 240 cm³/mol. The van der Waals surface area contributed by atoms with Crippen LogP contribution in [0.2, 0.25) is 0 Å². The lowest BCUT2D eigenvalue weighted by Gasteiger charge is -2.22. The number of aromatic amines is 2. The van der Waals surface area contributed by atoms with E-state index in [-0.39, 0.29) is 10.8 Å². The quantitative estimate of drug-likeness (QED) is 0.182. The lowest BCUT2D eigenvalue weighted by Crippen LogP contribution is -2.14. The highest BCUT2D eigenvalue weighted by Crippen LogP contribution is 2.51. The fourth-order valence-corrected chi connectivity index (χ4v) is 10.4. The molecule has 56 heavy (non-hydrogen) atoms. The average Bonchev–Trinajstić information content (AvgIpc) is 4.08. The minimum atomic E-state index is -0.122. The highest BCUT2D eigenvalue weighted by molar-refractivity contribution is 9.11. The molecule has 0 amide bonds. The monoisotopic (exact) mass is 850 g/mol. The minimum absolute atomic E-state index is 0.122. The largest absolute Gasteiger partial charge is 0.354 e. The van der Waals surface area contributed by atoms with E-state index in [4.69, 9.17) is 9.97 Å². The van der Waals surface area contributed by atoms with Gasteiger partial charge >= 0.3 is 0 Å². The molecule has 11 rings (SSSR count). The molecule has 4 aliphatic rings. The molecule has 2 aliphatic heterocycles. The topological polar surface area (TPSA) is 57.4 Å². The van der Waals surface area contributed by atoms with Gasteiger partial charge in [-0.1, -0.05) is 100 Å². The molecule has 2 N–H and O–H groups in total. The fraction of sp³-hybridized carbons (Fsp3) is 0.120. The van der Waals surface area contributed by atoms with Crippen molar-refractivity contribution >= 4 is 78.2 Å². The van der Waals surface area contributed by atoms with E-state index < -0.39 is 0 Å². The third kappa shape index (κ3) is 4.82. The van der Waals surface area contributed by atoms with Crippen LogP contribution in [0.5, 0.6) is 0 Å². The summed E-state index contributed by atoms with van der Waals surface area (Å²) in [6, 6.07) is 40.0. The molecule has 5 heterocycles. The minimum Gasteiger partial charge on any atom is -0.354 e. The van der Waals surface area contributed by atoms with Crippen molar-refractivity contribution in [3.63, 3.8) is 0 Å². The Morgan fingerprint density at radius 1 is 0.411 bits per heavy atom. The van der Waals surface area contributed by atoms with Crippen LogP contribution in [0.1, 0.15) is 72.7 Å². The molecule has 0 saturated heterocycles. The Morgan fingerprint density at radius 3 is 1.23 bits per heavy atom. The molecular weight excluding hydrogens is 816 g/mol. The van der Waals surface area contributed by atoms with E-state index in [0.717, 1.165) is 76.0 Å². The van der Waals surface area contributed by atoms with Gasteiger partial charge in [-0.15, -0.1) is 0 Å². The number of halogens is 2. The Morgan fingerprint density at radius 2 is 0.786 bits per heavy atom. The number of H-pyrrole nitrogens is 2. The Balaban J connectivity index is 1.16. The van der Waals surface area contributed by atoms with Gasteiger partial charge in [-0.05, 0) is 148 Å². The summed E-state index contributed by atoms with van der Waals surface area (Å²) in [5.41, 5.74) is 22.1. The van der Waals surface area contributed by atoms with Crippen LogP contribution < -0.4 is 0 Å². The van der Waals surface area contributed by atoms with Gasteiger partial charge in [0.1, 0.15) is 0 Å². The second-order valence-electron chi connectivity index (χ2n) is 16.2. The van der Waals surface area contributed by atoms with Crippen LogP contribution in [0.25, 0.3) is 90.9 Å². The first-order valence-electron chi connectivity index (χ1n) is 19.0. The van der Waals surface area contributed by atoms with Crippen molar-refractivity contribution in [3.05, 3.63) is 163 Å². The Kier molecular flexibility index (Phi) is 7.22. The summed E-state index contributed by atoms with van der Waals surface area (Å²) in [6.07, 6.45) is 8.47. The zero-order chi connectivity index (χ0) is 38.1. The summed E-state index contributed by atoms with van der Waals surface area (Å²) in [4.78, 5) is 18.1. The van der Waals surface area contributed by atoms with Gasteiger partial charge in [0.15, 0.2) is 0 Å². The zero-order valence-electron chi connectivity index (χ0n) is 31.4. The number of nitrogens with zero attached hydrogens (tertiary/aromatic N) is 2. The van der Waals surface area contributed by atoms with E-state index in [1.54, 1.807) is 0 Å². The predicted octanol–water partition coefficient (Wildman–Crippen LogP) is 14.1. The first-order chi connectivity index (χ1) is 27.1. The van der Waals surface area contributed by atoms with Crippen LogP contribution in [0.4, 0.5) is 0 Å². The molecule has 0 atom stereocenters. The second-order valence-corrected chi connectivity index (χ2v) is 17.8. The van der Waals surface area contributed by atoms with Crippen molar-refractivity contribution in [2.45, 2.75) is 38.5 Å². The summed E-state index contributed by atoms with van der Waals surface area (Å²) in [5.74, 6) is 0. The lowest BCUT2D eigenvalue weighted by molar-refractivity contribution is 0.660. The maximum atomic E-state index is 5.30. The van der Waals surface area contributed by atoms with Gasteiger partial charge in [0.2, 0.25) is 0 Å². The third-order valence-electron chi connectivity index (χ3n) is 12.4. The van der Waals surface area contributed by atoms with E-state index >= 15 is 0 Å². The van der Waals surface area contributed by atoms with Gasteiger partial charge < -0.3 is 9.97 Å². The third-order valence-corrected chi connectivity index (χ3v) is 14.0. The summed E-state index contributed by atoms with van der Waals surface area (Å²) in [5, 5.41) is 0. The van der Waals surface area contributed by atoms with Crippen molar-refractivity contribution in [1.82, 2.24) is 19.9 Å². The highest BCUT2D eigenvalue weighted by atomic mass is 79.9. The average molecular weight is 853 g/mol. The molecule has 6 heteroatoms. The second kappa shape index (κ2) is 12.0. The first-order valence-corrected chi connectivity index (χ1v) is 20.6. The van der Waals surface area contributed by atoms with Crippen LogP contribution in [-0.2, 0) is 10.8 Å². The Bertz CT molecular complexity index is 2910. The first kappa shape index (κ1) is 33.8. The van der Waals surface area contributed by atoms with Crippen LogP contribution in [0.15, 0.2) is 118 Å². The molecule has 4 nitrogen and oxygen atoms in total. The molecule has 0 radical (unpaired) electrons. The molecule has 0 unspecified atom stereocenters. The number of aromatic nitrogens is 4. The molecular formula is C50H36Br2N4. The van der Waals surface area contributed by atoms with E-state index in [1.165, 1.54) is 44.5 Å². The van der Waals surface area contributed by atoms with Crippen LogP contribution in [0, 0.1) is 0 Å². The van der Waals surface area contributed by atoms with Gasteiger partial charge in [-0.3, -0.25) is 0 Å². The van der Waals surface area contributed by atoms with Crippen molar-refractivity contribution < 1.29 is 0 Å². The summed E-state index contributed by atoms with van der Waals surface area (Å²) in [7, 11) is 0. The zero-order valence-corrected chi connectivity index (χ0v) is 34.5. The number of benzene rings is 4. The number of nitrogens with one attached hydrogen (secondary N) is 2. The van der Waals surface area contributed by atoms with Gasteiger partial charge in [0.25, 0.3) is 0 Å².